The van der Waals surface area contributed by atoms with Gasteiger partial charge in [0.2, 0.25) is 0 Å². The van der Waals surface area contributed by atoms with E-state index in [9.17, 15) is 14.4 Å². The van der Waals surface area contributed by atoms with Gasteiger partial charge in [0.1, 0.15) is 17.1 Å². The third kappa shape index (κ3) is 6.11. The number of esters is 2. The molecular formula is C24H20N2O5. The van der Waals surface area contributed by atoms with Gasteiger partial charge in [-0.05, 0) is 61.0 Å². The predicted octanol–water partition coefficient (Wildman–Crippen LogP) is 3.90. The number of benzene rings is 3. The number of ether oxygens (including phenoxy) is 2. The molecular weight excluding hydrogens is 396 g/mol. The smallest absolute Gasteiger partial charge is 0.347 e. The van der Waals surface area contributed by atoms with Gasteiger partial charge >= 0.3 is 11.9 Å². The zero-order valence-electron chi connectivity index (χ0n) is 17.0. The Morgan fingerprint density at radius 3 is 2.23 bits per heavy atom. The molecule has 31 heavy (non-hydrogen) atoms. The summed E-state index contributed by atoms with van der Waals surface area (Å²) >= 11 is 0. The quantitative estimate of drug-likeness (QED) is 0.285. The Morgan fingerprint density at radius 1 is 0.871 bits per heavy atom. The first-order valence-corrected chi connectivity index (χ1v) is 9.42. The van der Waals surface area contributed by atoms with Crippen molar-refractivity contribution in [2.45, 2.75) is 13.8 Å². The lowest BCUT2D eigenvalue weighted by Crippen LogP contribution is -2.17. The van der Waals surface area contributed by atoms with E-state index in [1.54, 1.807) is 48.5 Å². The molecule has 0 spiro atoms. The molecule has 0 saturated carbocycles. The van der Waals surface area contributed by atoms with Crippen LogP contribution in [-0.4, -0.2) is 24.1 Å². The van der Waals surface area contributed by atoms with Crippen molar-refractivity contribution in [3.8, 4) is 11.5 Å². The molecule has 0 radical (unpaired) electrons. The SMILES string of the molecule is CC(=O)Oc1ccccc1C(=O)Oc1ccc(/C=N\NC(=O)c2ccc(C)cc2)cc1. The Kier molecular flexibility index (Phi) is 6.90. The second kappa shape index (κ2) is 9.98. The molecule has 0 aliphatic heterocycles. The predicted molar refractivity (Wildman–Crippen MR) is 115 cm³/mol. The van der Waals surface area contributed by atoms with Crippen LogP contribution in [0.4, 0.5) is 0 Å². The minimum absolute atomic E-state index is 0.132. The normalized spacial score (nSPS) is 10.5. The summed E-state index contributed by atoms with van der Waals surface area (Å²) in [6.45, 7) is 3.20. The molecule has 0 bridgehead atoms. The van der Waals surface area contributed by atoms with E-state index in [0.717, 1.165) is 5.56 Å². The van der Waals surface area contributed by atoms with E-state index in [4.69, 9.17) is 9.47 Å². The van der Waals surface area contributed by atoms with E-state index >= 15 is 0 Å². The maximum Gasteiger partial charge on any atom is 0.347 e. The molecule has 0 aliphatic carbocycles. The lowest BCUT2D eigenvalue weighted by molar-refractivity contribution is -0.131. The lowest BCUT2D eigenvalue weighted by atomic mass is 10.1. The van der Waals surface area contributed by atoms with Gasteiger partial charge in [-0.1, -0.05) is 29.8 Å². The Labute approximate surface area is 179 Å². The van der Waals surface area contributed by atoms with Gasteiger partial charge in [-0.25, -0.2) is 10.2 Å². The first-order chi connectivity index (χ1) is 14.9. The average molecular weight is 416 g/mol. The summed E-state index contributed by atoms with van der Waals surface area (Å²) in [5, 5.41) is 3.94. The fraction of sp³-hybridized carbons (Fsp3) is 0.0833. The number of carbonyl (C=O) groups excluding carboxylic acids is 3. The summed E-state index contributed by atoms with van der Waals surface area (Å²) in [6.07, 6.45) is 1.48. The van der Waals surface area contributed by atoms with Crippen molar-refractivity contribution in [1.29, 1.82) is 0 Å². The number of aryl methyl sites for hydroxylation is 1. The molecule has 3 aromatic carbocycles. The van der Waals surface area contributed by atoms with E-state index in [-0.39, 0.29) is 17.2 Å². The second-order valence-corrected chi connectivity index (χ2v) is 6.61. The van der Waals surface area contributed by atoms with Crippen LogP contribution in [0, 0.1) is 6.92 Å². The maximum absolute atomic E-state index is 12.4. The summed E-state index contributed by atoms with van der Waals surface area (Å²) in [6, 6.07) is 20.0. The van der Waals surface area contributed by atoms with Gasteiger partial charge < -0.3 is 9.47 Å². The van der Waals surface area contributed by atoms with Crippen LogP contribution in [-0.2, 0) is 4.79 Å². The minimum Gasteiger partial charge on any atom is -0.426 e. The molecule has 0 heterocycles. The number of hydrogen-bond acceptors (Lipinski definition) is 6. The molecule has 156 valence electrons. The highest BCUT2D eigenvalue weighted by molar-refractivity contribution is 5.95. The van der Waals surface area contributed by atoms with Crippen molar-refractivity contribution in [2.75, 3.05) is 0 Å². The molecule has 0 atom stereocenters. The van der Waals surface area contributed by atoms with Crippen LogP contribution in [0.5, 0.6) is 11.5 Å². The van der Waals surface area contributed by atoms with E-state index in [0.29, 0.717) is 16.9 Å². The highest BCUT2D eigenvalue weighted by Gasteiger charge is 2.15. The molecule has 0 saturated heterocycles. The number of para-hydroxylation sites is 1. The highest BCUT2D eigenvalue weighted by atomic mass is 16.5. The molecule has 7 nitrogen and oxygen atoms in total. The monoisotopic (exact) mass is 416 g/mol. The average Bonchev–Trinajstić information content (AvgIpc) is 2.75. The van der Waals surface area contributed by atoms with Crippen LogP contribution < -0.4 is 14.9 Å². The van der Waals surface area contributed by atoms with Gasteiger partial charge in [0.15, 0.2) is 0 Å². The molecule has 3 aromatic rings. The second-order valence-electron chi connectivity index (χ2n) is 6.61. The summed E-state index contributed by atoms with van der Waals surface area (Å²) < 4.78 is 10.4. The third-order valence-corrected chi connectivity index (χ3v) is 4.14. The molecule has 0 unspecified atom stereocenters. The van der Waals surface area contributed by atoms with E-state index < -0.39 is 11.9 Å². The van der Waals surface area contributed by atoms with Crippen molar-refractivity contribution in [3.63, 3.8) is 0 Å². The summed E-state index contributed by atoms with van der Waals surface area (Å²) in [5.41, 5.74) is 4.88. The lowest BCUT2D eigenvalue weighted by Gasteiger charge is -2.08. The Balaban J connectivity index is 1.59. The van der Waals surface area contributed by atoms with Crippen molar-refractivity contribution < 1.29 is 23.9 Å². The van der Waals surface area contributed by atoms with Crippen molar-refractivity contribution in [2.24, 2.45) is 5.10 Å². The fourth-order valence-electron chi connectivity index (χ4n) is 2.60. The number of hydrogen-bond donors (Lipinski definition) is 1. The maximum atomic E-state index is 12.4. The van der Waals surface area contributed by atoms with E-state index in [1.165, 1.54) is 25.3 Å². The number of hydrazone groups is 1. The van der Waals surface area contributed by atoms with Crippen LogP contribution in [0.25, 0.3) is 0 Å². The minimum atomic E-state index is -0.649. The summed E-state index contributed by atoms with van der Waals surface area (Å²) in [7, 11) is 0. The van der Waals surface area contributed by atoms with Gasteiger partial charge in [0, 0.05) is 12.5 Å². The number of amides is 1. The standard InChI is InChI=1S/C24H20N2O5/c1-16-7-11-19(12-8-16)23(28)26-25-15-18-9-13-20(14-10-18)31-24(29)21-5-3-4-6-22(21)30-17(2)27/h3-15H,1-2H3,(H,26,28)/b25-15-. The number of rotatable bonds is 6. The molecule has 1 N–H and O–H groups in total. The van der Waals surface area contributed by atoms with Crippen LogP contribution in [0.2, 0.25) is 0 Å². The van der Waals surface area contributed by atoms with Crippen molar-refractivity contribution >= 4 is 24.1 Å². The topological polar surface area (TPSA) is 94.1 Å². The molecule has 3 rings (SSSR count). The van der Waals surface area contributed by atoms with Crippen LogP contribution >= 0.6 is 0 Å². The van der Waals surface area contributed by atoms with E-state index in [1.807, 2.05) is 19.1 Å². The summed E-state index contributed by atoms with van der Waals surface area (Å²) in [5.74, 6) is -1.05. The molecule has 0 fully saturated rings. The number of nitrogens with one attached hydrogen (secondary N) is 1. The molecule has 0 aromatic heterocycles. The Hall–Kier alpha value is -4.26. The Bertz CT molecular complexity index is 1120. The third-order valence-electron chi connectivity index (χ3n) is 4.14. The zero-order chi connectivity index (χ0) is 22.2. The number of nitrogens with zero attached hydrogens (tertiary/aromatic N) is 1. The highest BCUT2D eigenvalue weighted by Crippen LogP contribution is 2.21. The van der Waals surface area contributed by atoms with Gasteiger partial charge in [0.05, 0.1) is 6.21 Å². The van der Waals surface area contributed by atoms with Crippen molar-refractivity contribution in [3.05, 3.63) is 95.1 Å². The zero-order valence-corrected chi connectivity index (χ0v) is 17.0. The fourth-order valence-corrected chi connectivity index (χ4v) is 2.60. The van der Waals surface area contributed by atoms with E-state index in [2.05, 4.69) is 10.5 Å². The van der Waals surface area contributed by atoms with Crippen LogP contribution in [0.1, 0.15) is 38.8 Å². The number of carbonyl (C=O) groups is 3. The van der Waals surface area contributed by atoms with Crippen LogP contribution in [0.15, 0.2) is 77.9 Å². The van der Waals surface area contributed by atoms with Gasteiger partial charge in [-0.3, -0.25) is 9.59 Å². The molecule has 0 aliphatic rings. The largest absolute Gasteiger partial charge is 0.426 e. The van der Waals surface area contributed by atoms with Crippen LogP contribution in [0.3, 0.4) is 0 Å². The van der Waals surface area contributed by atoms with Crippen molar-refractivity contribution in [1.82, 2.24) is 5.43 Å². The Morgan fingerprint density at radius 2 is 1.55 bits per heavy atom. The first kappa shape index (κ1) is 21.4. The first-order valence-electron chi connectivity index (χ1n) is 9.42. The molecule has 7 heteroatoms. The molecule has 1 amide bonds. The van der Waals surface area contributed by atoms with Gasteiger partial charge in [-0.2, -0.15) is 5.10 Å². The van der Waals surface area contributed by atoms with Gasteiger partial charge in [0.25, 0.3) is 5.91 Å². The summed E-state index contributed by atoms with van der Waals surface area (Å²) in [4.78, 5) is 35.6. The van der Waals surface area contributed by atoms with Gasteiger partial charge in [-0.15, -0.1) is 0 Å².